The molecule has 0 aromatic heterocycles. The first kappa shape index (κ1) is 25.9. The van der Waals surface area contributed by atoms with Crippen molar-refractivity contribution in [2.24, 2.45) is 11.0 Å². The first-order valence-electron chi connectivity index (χ1n) is 11.9. The van der Waals surface area contributed by atoms with Crippen LogP contribution >= 0.6 is 0 Å². The quantitative estimate of drug-likeness (QED) is 0.269. The highest BCUT2D eigenvalue weighted by atomic mass is 16.7. The summed E-state index contributed by atoms with van der Waals surface area (Å²) in [6.45, 7) is 8.94. The number of ether oxygens (including phenoxy) is 4. The molecule has 0 bridgehead atoms. The summed E-state index contributed by atoms with van der Waals surface area (Å²) < 4.78 is 22.1. The van der Waals surface area contributed by atoms with E-state index < -0.39 is 11.9 Å². The first-order chi connectivity index (χ1) is 16.9. The van der Waals surface area contributed by atoms with Gasteiger partial charge in [0.2, 0.25) is 6.79 Å². The minimum Gasteiger partial charge on any atom is -0.490 e. The zero-order valence-corrected chi connectivity index (χ0v) is 20.6. The SMILES string of the molecule is CCCCOc1ccc(C=NNC(=O)C(NC(=O)c2ccc3c(c2)OCO3)C(C)C)cc1OCC. The van der Waals surface area contributed by atoms with Gasteiger partial charge in [-0.25, -0.2) is 5.43 Å². The third-order valence-corrected chi connectivity index (χ3v) is 5.28. The summed E-state index contributed by atoms with van der Waals surface area (Å²) >= 11 is 0. The summed E-state index contributed by atoms with van der Waals surface area (Å²) in [5.41, 5.74) is 3.63. The molecule has 0 saturated carbocycles. The number of amides is 2. The molecular weight excluding hydrogens is 450 g/mol. The van der Waals surface area contributed by atoms with Crippen LogP contribution in [0.4, 0.5) is 0 Å². The number of fused-ring (bicyclic) bond motifs is 1. The fourth-order valence-electron chi connectivity index (χ4n) is 3.36. The van der Waals surface area contributed by atoms with Crippen LogP contribution in [-0.2, 0) is 4.79 Å². The van der Waals surface area contributed by atoms with Crippen LogP contribution in [0, 0.1) is 5.92 Å². The van der Waals surface area contributed by atoms with Crippen LogP contribution in [0.25, 0.3) is 0 Å². The van der Waals surface area contributed by atoms with Crippen LogP contribution in [0.15, 0.2) is 41.5 Å². The number of benzene rings is 2. The van der Waals surface area contributed by atoms with E-state index >= 15 is 0 Å². The number of rotatable bonds is 12. The monoisotopic (exact) mass is 483 g/mol. The Morgan fingerprint density at radius 1 is 1.06 bits per heavy atom. The maximum atomic E-state index is 12.8. The molecule has 3 rings (SSSR count). The Bertz CT molecular complexity index is 1050. The minimum atomic E-state index is -0.779. The van der Waals surface area contributed by atoms with E-state index in [1.165, 1.54) is 6.21 Å². The molecule has 1 atom stereocenters. The van der Waals surface area contributed by atoms with Gasteiger partial charge in [-0.3, -0.25) is 9.59 Å². The second-order valence-electron chi connectivity index (χ2n) is 8.34. The Kier molecular flexibility index (Phi) is 9.34. The number of hydrazone groups is 1. The summed E-state index contributed by atoms with van der Waals surface area (Å²) in [5.74, 6) is 1.41. The van der Waals surface area contributed by atoms with Gasteiger partial charge in [0.25, 0.3) is 11.8 Å². The summed E-state index contributed by atoms with van der Waals surface area (Å²) in [4.78, 5) is 25.5. The molecule has 0 aliphatic carbocycles. The summed E-state index contributed by atoms with van der Waals surface area (Å²) in [6, 6.07) is 9.58. The Hall–Kier alpha value is -3.75. The van der Waals surface area contributed by atoms with Crippen LogP contribution in [0.1, 0.15) is 56.5 Å². The van der Waals surface area contributed by atoms with E-state index in [4.69, 9.17) is 18.9 Å². The van der Waals surface area contributed by atoms with E-state index in [1.807, 2.05) is 39.0 Å². The lowest BCUT2D eigenvalue weighted by molar-refractivity contribution is -0.123. The second-order valence-corrected chi connectivity index (χ2v) is 8.34. The predicted molar refractivity (Wildman–Crippen MR) is 132 cm³/mol. The van der Waals surface area contributed by atoms with Crippen molar-refractivity contribution in [2.45, 2.75) is 46.6 Å². The summed E-state index contributed by atoms with van der Waals surface area (Å²) in [5, 5.41) is 6.84. The fourth-order valence-corrected chi connectivity index (χ4v) is 3.36. The highest BCUT2D eigenvalue weighted by Gasteiger charge is 2.25. The smallest absolute Gasteiger partial charge is 0.262 e. The van der Waals surface area contributed by atoms with Gasteiger partial charge in [-0.05, 0) is 61.2 Å². The van der Waals surface area contributed by atoms with Crippen LogP contribution in [0.3, 0.4) is 0 Å². The molecule has 0 radical (unpaired) electrons. The van der Waals surface area contributed by atoms with Crippen molar-refractivity contribution in [3.63, 3.8) is 0 Å². The van der Waals surface area contributed by atoms with Gasteiger partial charge in [-0.15, -0.1) is 0 Å². The largest absolute Gasteiger partial charge is 0.490 e. The lowest BCUT2D eigenvalue weighted by atomic mass is 10.0. The van der Waals surface area contributed by atoms with Gasteiger partial charge in [-0.2, -0.15) is 5.10 Å². The highest BCUT2D eigenvalue weighted by Crippen LogP contribution is 2.32. The van der Waals surface area contributed by atoms with Crippen LogP contribution in [0.2, 0.25) is 0 Å². The van der Waals surface area contributed by atoms with E-state index in [0.717, 1.165) is 18.4 Å². The predicted octanol–water partition coefficient (Wildman–Crippen LogP) is 3.90. The van der Waals surface area contributed by atoms with Crippen LogP contribution < -0.4 is 29.7 Å². The van der Waals surface area contributed by atoms with Crippen molar-refractivity contribution in [1.82, 2.24) is 10.7 Å². The molecule has 0 saturated heterocycles. The number of nitrogens with zero attached hydrogens (tertiary/aromatic N) is 1. The van der Waals surface area contributed by atoms with Gasteiger partial charge in [0, 0.05) is 5.56 Å². The zero-order chi connectivity index (χ0) is 25.2. The Morgan fingerprint density at radius 2 is 1.86 bits per heavy atom. The Morgan fingerprint density at radius 3 is 2.60 bits per heavy atom. The maximum Gasteiger partial charge on any atom is 0.262 e. The average Bonchev–Trinajstić information content (AvgIpc) is 3.31. The lowest BCUT2D eigenvalue weighted by Crippen LogP contribution is -2.48. The van der Waals surface area contributed by atoms with Gasteiger partial charge < -0.3 is 24.3 Å². The van der Waals surface area contributed by atoms with Crippen molar-refractivity contribution >= 4 is 18.0 Å². The van der Waals surface area contributed by atoms with E-state index in [-0.39, 0.29) is 18.6 Å². The second kappa shape index (κ2) is 12.6. The van der Waals surface area contributed by atoms with Crippen molar-refractivity contribution in [1.29, 1.82) is 0 Å². The highest BCUT2D eigenvalue weighted by molar-refractivity contribution is 5.98. The van der Waals surface area contributed by atoms with Crippen molar-refractivity contribution in [3.8, 4) is 23.0 Å². The molecule has 1 aliphatic rings. The standard InChI is InChI=1S/C26H33N3O6/c1-5-7-12-33-20-10-8-18(13-22(20)32-6-2)15-27-29-26(31)24(17(3)4)28-25(30)19-9-11-21-23(14-19)35-16-34-21/h8-11,13-15,17,24H,5-7,12,16H2,1-4H3,(H,28,30)(H,29,31). The Balaban J connectivity index is 1.62. The molecule has 0 spiro atoms. The van der Waals surface area contributed by atoms with E-state index in [2.05, 4.69) is 22.8 Å². The van der Waals surface area contributed by atoms with Crippen LogP contribution in [0.5, 0.6) is 23.0 Å². The van der Waals surface area contributed by atoms with Crippen molar-refractivity contribution in [3.05, 3.63) is 47.5 Å². The fraction of sp³-hybridized carbons (Fsp3) is 0.423. The molecule has 2 N–H and O–H groups in total. The molecule has 1 aliphatic heterocycles. The molecule has 188 valence electrons. The van der Waals surface area contributed by atoms with Gasteiger partial charge in [0.05, 0.1) is 19.4 Å². The molecule has 2 amide bonds. The van der Waals surface area contributed by atoms with Gasteiger partial charge >= 0.3 is 0 Å². The minimum absolute atomic E-state index is 0.121. The van der Waals surface area contributed by atoms with Crippen LogP contribution in [-0.4, -0.2) is 44.1 Å². The molecule has 2 aromatic carbocycles. The molecule has 9 heteroatoms. The van der Waals surface area contributed by atoms with Gasteiger partial charge in [0.1, 0.15) is 6.04 Å². The number of unbranched alkanes of at least 4 members (excludes halogenated alkanes) is 1. The van der Waals surface area contributed by atoms with Gasteiger partial charge in [-0.1, -0.05) is 27.2 Å². The number of nitrogens with one attached hydrogen (secondary N) is 2. The number of carbonyl (C=O) groups is 2. The van der Waals surface area contributed by atoms with Crippen molar-refractivity contribution < 1.29 is 28.5 Å². The topological polar surface area (TPSA) is 107 Å². The molecule has 2 aromatic rings. The first-order valence-corrected chi connectivity index (χ1v) is 11.9. The average molecular weight is 484 g/mol. The molecule has 1 heterocycles. The summed E-state index contributed by atoms with van der Waals surface area (Å²) in [7, 11) is 0. The maximum absolute atomic E-state index is 12.8. The third kappa shape index (κ3) is 7.11. The molecule has 1 unspecified atom stereocenters. The number of hydrogen-bond acceptors (Lipinski definition) is 7. The molecule has 9 nitrogen and oxygen atoms in total. The normalized spacial score (nSPS) is 13.1. The van der Waals surface area contributed by atoms with E-state index in [1.54, 1.807) is 18.2 Å². The molecule has 35 heavy (non-hydrogen) atoms. The third-order valence-electron chi connectivity index (χ3n) is 5.28. The zero-order valence-electron chi connectivity index (χ0n) is 20.6. The Labute approximate surface area is 205 Å². The lowest BCUT2D eigenvalue weighted by Gasteiger charge is -2.20. The van der Waals surface area contributed by atoms with E-state index in [0.29, 0.717) is 41.8 Å². The number of hydrogen-bond donors (Lipinski definition) is 2. The number of carbonyl (C=O) groups excluding carboxylic acids is 2. The van der Waals surface area contributed by atoms with Crippen molar-refractivity contribution in [2.75, 3.05) is 20.0 Å². The molecular formula is C26H33N3O6. The summed E-state index contributed by atoms with van der Waals surface area (Å²) in [6.07, 6.45) is 3.53. The molecule has 0 fully saturated rings. The van der Waals surface area contributed by atoms with Gasteiger partial charge in [0.15, 0.2) is 23.0 Å². The van der Waals surface area contributed by atoms with E-state index in [9.17, 15) is 9.59 Å².